The molecule has 1 heterocycles. The number of likely N-dealkylation sites (tertiary alicyclic amines) is 1. The van der Waals surface area contributed by atoms with E-state index in [2.05, 4.69) is 16.8 Å². The van der Waals surface area contributed by atoms with Gasteiger partial charge in [-0.1, -0.05) is 6.92 Å². The average Bonchev–Trinajstić information content (AvgIpc) is 2.59. The highest BCUT2D eigenvalue weighted by Gasteiger charge is 2.17. The highest BCUT2D eigenvalue weighted by Crippen LogP contribution is 2.38. The van der Waals surface area contributed by atoms with Gasteiger partial charge in [-0.3, -0.25) is 0 Å². The number of benzene rings is 1. The van der Waals surface area contributed by atoms with Gasteiger partial charge in [0.05, 0.1) is 27.9 Å². The number of hydrogen-bond donors (Lipinski definition) is 1. The minimum atomic E-state index is 0.481. The Kier molecular flexibility index (Phi) is 5.96. The summed E-state index contributed by atoms with van der Waals surface area (Å²) in [5.41, 5.74) is 7.09. The Labute approximate surface area is 138 Å². The van der Waals surface area contributed by atoms with Gasteiger partial charge in [0, 0.05) is 13.1 Å². The fourth-order valence-corrected chi connectivity index (χ4v) is 2.74. The van der Waals surface area contributed by atoms with E-state index in [1.807, 2.05) is 12.1 Å². The van der Waals surface area contributed by atoms with E-state index in [0.717, 1.165) is 24.6 Å². The second-order valence-corrected chi connectivity index (χ2v) is 5.88. The largest absolute Gasteiger partial charge is 0.493 e. The maximum atomic E-state index is 6.13. The Hall–Kier alpha value is -2.11. The van der Waals surface area contributed by atoms with Gasteiger partial charge < -0.3 is 24.8 Å². The van der Waals surface area contributed by atoms with Crippen molar-refractivity contribution >= 4 is 5.96 Å². The van der Waals surface area contributed by atoms with E-state index in [-0.39, 0.29) is 0 Å². The average molecular weight is 321 g/mol. The van der Waals surface area contributed by atoms with E-state index in [4.69, 9.17) is 19.9 Å². The SMILES string of the molecule is COc1cc(CN=C(N)N2CCC(C)CC2)cc(OC)c1OC. The van der Waals surface area contributed by atoms with Crippen molar-refractivity contribution in [2.45, 2.75) is 26.3 Å². The summed E-state index contributed by atoms with van der Waals surface area (Å²) < 4.78 is 16.0. The first-order valence-corrected chi connectivity index (χ1v) is 7.92. The first kappa shape index (κ1) is 17.2. The van der Waals surface area contributed by atoms with Crippen LogP contribution in [-0.2, 0) is 6.54 Å². The summed E-state index contributed by atoms with van der Waals surface area (Å²) in [6, 6.07) is 3.80. The van der Waals surface area contributed by atoms with Gasteiger partial charge in [-0.05, 0) is 36.5 Å². The highest BCUT2D eigenvalue weighted by molar-refractivity contribution is 5.78. The third-order valence-electron chi connectivity index (χ3n) is 4.26. The van der Waals surface area contributed by atoms with Gasteiger partial charge in [0.1, 0.15) is 0 Å². The van der Waals surface area contributed by atoms with Crippen molar-refractivity contribution < 1.29 is 14.2 Å². The molecule has 0 atom stereocenters. The number of ether oxygens (including phenoxy) is 3. The van der Waals surface area contributed by atoms with Crippen LogP contribution in [0.3, 0.4) is 0 Å². The number of aliphatic imine (C=N–C) groups is 1. The van der Waals surface area contributed by atoms with E-state index in [0.29, 0.717) is 29.8 Å². The molecule has 2 rings (SSSR count). The predicted octanol–water partition coefficient (Wildman–Crippen LogP) is 2.26. The molecule has 6 nitrogen and oxygen atoms in total. The lowest BCUT2D eigenvalue weighted by atomic mass is 10.00. The van der Waals surface area contributed by atoms with E-state index >= 15 is 0 Å². The second kappa shape index (κ2) is 7.94. The number of nitrogens with two attached hydrogens (primary N) is 1. The lowest BCUT2D eigenvalue weighted by Crippen LogP contribution is -2.42. The molecule has 1 aliphatic rings. The zero-order valence-corrected chi connectivity index (χ0v) is 14.5. The fraction of sp³-hybridized carbons (Fsp3) is 0.588. The number of piperidine rings is 1. The molecule has 0 bridgehead atoms. The molecule has 0 radical (unpaired) electrons. The lowest BCUT2D eigenvalue weighted by molar-refractivity contribution is 0.277. The smallest absolute Gasteiger partial charge is 0.203 e. The second-order valence-electron chi connectivity index (χ2n) is 5.88. The molecule has 0 aromatic heterocycles. The molecule has 0 unspecified atom stereocenters. The van der Waals surface area contributed by atoms with Gasteiger partial charge in [-0.15, -0.1) is 0 Å². The van der Waals surface area contributed by atoms with Crippen molar-refractivity contribution in [2.75, 3.05) is 34.4 Å². The third-order valence-corrected chi connectivity index (χ3v) is 4.26. The van der Waals surface area contributed by atoms with E-state index < -0.39 is 0 Å². The van der Waals surface area contributed by atoms with Gasteiger partial charge in [-0.25, -0.2) is 4.99 Å². The topological polar surface area (TPSA) is 69.3 Å². The van der Waals surface area contributed by atoms with Crippen LogP contribution in [0.25, 0.3) is 0 Å². The maximum absolute atomic E-state index is 6.13. The summed E-state index contributed by atoms with van der Waals surface area (Å²) in [5, 5.41) is 0. The number of methoxy groups -OCH3 is 3. The zero-order valence-electron chi connectivity index (χ0n) is 14.5. The van der Waals surface area contributed by atoms with Crippen LogP contribution in [0.5, 0.6) is 17.2 Å². The molecule has 1 aliphatic heterocycles. The fourth-order valence-electron chi connectivity index (χ4n) is 2.74. The van der Waals surface area contributed by atoms with Crippen molar-refractivity contribution in [3.8, 4) is 17.2 Å². The molecule has 1 fully saturated rings. The minimum absolute atomic E-state index is 0.481. The highest BCUT2D eigenvalue weighted by atomic mass is 16.5. The van der Waals surface area contributed by atoms with Crippen LogP contribution in [0.2, 0.25) is 0 Å². The van der Waals surface area contributed by atoms with E-state index in [1.165, 1.54) is 12.8 Å². The van der Waals surface area contributed by atoms with Gasteiger partial charge in [-0.2, -0.15) is 0 Å². The van der Waals surface area contributed by atoms with Crippen LogP contribution in [0.4, 0.5) is 0 Å². The minimum Gasteiger partial charge on any atom is -0.493 e. The Morgan fingerprint density at radius 3 is 2.17 bits per heavy atom. The van der Waals surface area contributed by atoms with E-state index in [9.17, 15) is 0 Å². The lowest BCUT2D eigenvalue weighted by Gasteiger charge is -2.31. The maximum Gasteiger partial charge on any atom is 0.203 e. The standard InChI is InChI=1S/C17H27N3O3/c1-12-5-7-20(8-6-12)17(18)19-11-13-9-14(21-2)16(23-4)15(10-13)22-3/h9-10,12H,5-8,11H2,1-4H3,(H2,18,19). The van der Waals surface area contributed by atoms with Gasteiger partial charge in [0.25, 0.3) is 0 Å². The summed E-state index contributed by atoms with van der Waals surface area (Å²) in [7, 11) is 4.80. The first-order valence-electron chi connectivity index (χ1n) is 7.92. The van der Waals surface area contributed by atoms with Crippen LogP contribution in [0.15, 0.2) is 17.1 Å². The Balaban J connectivity index is 2.11. The molecular weight excluding hydrogens is 294 g/mol. The van der Waals surface area contributed by atoms with Crippen molar-refractivity contribution in [1.29, 1.82) is 0 Å². The van der Waals surface area contributed by atoms with Crippen LogP contribution in [0.1, 0.15) is 25.3 Å². The molecule has 128 valence electrons. The summed E-state index contributed by atoms with van der Waals surface area (Å²) in [6.45, 7) is 4.71. The van der Waals surface area contributed by atoms with Gasteiger partial charge >= 0.3 is 0 Å². The predicted molar refractivity (Wildman–Crippen MR) is 91.4 cm³/mol. The Bertz CT molecular complexity index is 527. The molecule has 0 amide bonds. The number of guanidine groups is 1. The zero-order chi connectivity index (χ0) is 16.8. The van der Waals surface area contributed by atoms with Gasteiger partial charge in [0.15, 0.2) is 17.5 Å². The van der Waals surface area contributed by atoms with Crippen LogP contribution >= 0.6 is 0 Å². The Morgan fingerprint density at radius 1 is 1.13 bits per heavy atom. The van der Waals surface area contributed by atoms with Crippen LogP contribution in [0, 0.1) is 5.92 Å². The summed E-state index contributed by atoms with van der Waals surface area (Å²) in [6.07, 6.45) is 2.33. The number of rotatable bonds is 5. The number of hydrogen-bond acceptors (Lipinski definition) is 4. The molecule has 1 aromatic carbocycles. The van der Waals surface area contributed by atoms with Crippen LogP contribution in [-0.4, -0.2) is 45.3 Å². The number of nitrogens with zero attached hydrogens (tertiary/aromatic N) is 2. The molecule has 2 N–H and O–H groups in total. The Morgan fingerprint density at radius 2 is 1.70 bits per heavy atom. The van der Waals surface area contributed by atoms with Crippen molar-refractivity contribution in [3.63, 3.8) is 0 Å². The molecule has 1 aromatic rings. The van der Waals surface area contributed by atoms with Crippen molar-refractivity contribution in [1.82, 2.24) is 4.90 Å². The summed E-state index contributed by atoms with van der Waals surface area (Å²) in [4.78, 5) is 6.67. The van der Waals surface area contributed by atoms with Crippen molar-refractivity contribution in [2.24, 2.45) is 16.6 Å². The molecule has 1 saturated heterocycles. The van der Waals surface area contributed by atoms with Crippen molar-refractivity contribution in [3.05, 3.63) is 17.7 Å². The molecule has 0 spiro atoms. The van der Waals surface area contributed by atoms with Crippen LogP contribution < -0.4 is 19.9 Å². The molecule has 0 aliphatic carbocycles. The first-order chi connectivity index (χ1) is 11.1. The molecule has 23 heavy (non-hydrogen) atoms. The molecule has 6 heteroatoms. The van der Waals surface area contributed by atoms with E-state index in [1.54, 1.807) is 21.3 Å². The molecular formula is C17H27N3O3. The monoisotopic (exact) mass is 321 g/mol. The summed E-state index contributed by atoms with van der Waals surface area (Å²) in [5.74, 6) is 3.21. The third kappa shape index (κ3) is 4.21. The van der Waals surface area contributed by atoms with Gasteiger partial charge in [0.2, 0.25) is 5.75 Å². The summed E-state index contributed by atoms with van der Waals surface area (Å²) >= 11 is 0. The normalized spacial score (nSPS) is 16.3. The molecule has 0 saturated carbocycles. The quantitative estimate of drug-likeness (QED) is 0.665.